The number of methoxy groups -OCH3 is 1. The first-order valence-corrected chi connectivity index (χ1v) is 6.88. The van der Waals surface area contributed by atoms with Crippen LogP contribution in [-0.4, -0.2) is 58.2 Å². The fraction of sp³-hybridized carbons (Fsp3) is 0.571. The maximum absolute atomic E-state index is 12.3. The minimum absolute atomic E-state index is 0.157. The molecule has 7 nitrogen and oxygen atoms in total. The number of rotatable bonds is 4. The number of carboxylic acids is 1. The molecule has 1 aliphatic carbocycles. The third kappa shape index (κ3) is 3.55. The van der Waals surface area contributed by atoms with Gasteiger partial charge in [0, 0.05) is 20.2 Å². The molecule has 0 saturated heterocycles. The van der Waals surface area contributed by atoms with Crippen molar-refractivity contribution in [1.29, 1.82) is 0 Å². The van der Waals surface area contributed by atoms with E-state index in [1.807, 2.05) is 0 Å². The van der Waals surface area contributed by atoms with E-state index in [2.05, 4.69) is 9.97 Å². The van der Waals surface area contributed by atoms with E-state index in [4.69, 9.17) is 9.84 Å². The van der Waals surface area contributed by atoms with Gasteiger partial charge in [0.1, 0.15) is 5.69 Å². The van der Waals surface area contributed by atoms with Gasteiger partial charge in [-0.2, -0.15) is 0 Å². The lowest BCUT2D eigenvalue weighted by Gasteiger charge is -2.33. The molecule has 1 heterocycles. The highest BCUT2D eigenvalue weighted by molar-refractivity contribution is 5.92. The molecule has 1 saturated carbocycles. The number of ether oxygens (including phenoxy) is 1. The molecule has 0 radical (unpaired) electrons. The van der Waals surface area contributed by atoms with Crippen LogP contribution in [-0.2, 0) is 4.74 Å². The molecule has 1 aliphatic rings. The van der Waals surface area contributed by atoms with Crippen LogP contribution >= 0.6 is 0 Å². The lowest BCUT2D eigenvalue weighted by molar-refractivity contribution is 0.0383. The topological polar surface area (TPSA) is 92.6 Å². The van der Waals surface area contributed by atoms with Gasteiger partial charge in [0.25, 0.3) is 5.91 Å². The van der Waals surface area contributed by atoms with E-state index < -0.39 is 5.97 Å². The van der Waals surface area contributed by atoms with Crippen LogP contribution in [0.25, 0.3) is 0 Å². The average molecular weight is 293 g/mol. The van der Waals surface area contributed by atoms with Gasteiger partial charge < -0.3 is 14.7 Å². The number of hydrogen-bond donors (Lipinski definition) is 1. The molecule has 0 bridgehead atoms. The Morgan fingerprint density at radius 3 is 2.24 bits per heavy atom. The van der Waals surface area contributed by atoms with Crippen molar-refractivity contribution in [3.8, 4) is 0 Å². The fourth-order valence-electron chi connectivity index (χ4n) is 2.56. The zero-order valence-corrected chi connectivity index (χ0v) is 12.2. The Morgan fingerprint density at radius 2 is 1.76 bits per heavy atom. The van der Waals surface area contributed by atoms with Gasteiger partial charge in [-0.25, -0.2) is 14.8 Å². The van der Waals surface area contributed by atoms with Crippen LogP contribution in [0, 0.1) is 0 Å². The summed E-state index contributed by atoms with van der Waals surface area (Å²) in [5, 5.41) is 8.77. The second kappa shape index (κ2) is 6.62. The van der Waals surface area contributed by atoms with Gasteiger partial charge in [0.05, 0.1) is 18.5 Å². The normalized spacial score (nSPS) is 21.8. The maximum atomic E-state index is 12.3. The Balaban J connectivity index is 2.00. The van der Waals surface area contributed by atoms with Gasteiger partial charge >= 0.3 is 5.97 Å². The first-order chi connectivity index (χ1) is 10.0. The van der Waals surface area contributed by atoms with E-state index in [-0.39, 0.29) is 29.4 Å². The van der Waals surface area contributed by atoms with Crippen molar-refractivity contribution in [3.63, 3.8) is 0 Å². The Bertz CT molecular complexity index is 509. The standard InChI is InChI=1S/C14H19N3O4/c1-17(9-3-5-10(21-2)6-4-9)13(18)11-7-16-12(8-15-11)14(19)20/h7-10H,3-6H2,1-2H3,(H,19,20). The lowest BCUT2D eigenvalue weighted by atomic mass is 9.92. The molecular weight excluding hydrogens is 274 g/mol. The van der Waals surface area contributed by atoms with Crippen LogP contribution in [0.2, 0.25) is 0 Å². The molecule has 0 unspecified atom stereocenters. The highest BCUT2D eigenvalue weighted by Crippen LogP contribution is 2.24. The molecule has 21 heavy (non-hydrogen) atoms. The monoisotopic (exact) mass is 293 g/mol. The smallest absolute Gasteiger partial charge is 0.356 e. The molecule has 0 aromatic carbocycles. The van der Waals surface area contributed by atoms with E-state index in [1.54, 1.807) is 19.1 Å². The Labute approximate surface area is 123 Å². The minimum atomic E-state index is -1.16. The zero-order chi connectivity index (χ0) is 15.4. The quantitative estimate of drug-likeness (QED) is 0.896. The second-order valence-corrected chi connectivity index (χ2v) is 5.17. The average Bonchev–Trinajstić information content (AvgIpc) is 2.53. The van der Waals surface area contributed by atoms with E-state index in [0.29, 0.717) is 0 Å². The number of hydrogen-bond acceptors (Lipinski definition) is 5. The third-order valence-corrected chi connectivity index (χ3v) is 3.94. The largest absolute Gasteiger partial charge is 0.476 e. The molecule has 1 N–H and O–H groups in total. The van der Waals surface area contributed by atoms with Gasteiger partial charge in [-0.15, -0.1) is 0 Å². The molecule has 1 fully saturated rings. The number of aromatic carboxylic acids is 1. The van der Waals surface area contributed by atoms with Crippen molar-refractivity contribution in [2.24, 2.45) is 0 Å². The Kier molecular flexibility index (Phi) is 4.85. The lowest BCUT2D eigenvalue weighted by Crippen LogP contribution is -2.41. The van der Waals surface area contributed by atoms with E-state index in [0.717, 1.165) is 31.9 Å². The summed E-state index contributed by atoms with van der Waals surface area (Å²) in [5.41, 5.74) is -0.00818. The van der Waals surface area contributed by atoms with Crippen LogP contribution in [0.5, 0.6) is 0 Å². The number of carbonyl (C=O) groups is 2. The predicted octanol–water partition coefficient (Wildman–Crippen LogP) is 1.20. The van der Waals surface area contributed by atoms with Crippen molar-refractivity contribution < 1.29 is 19.4 Å². The van der Waals surface area contributed by atoms with Crippen LogP contribution in [0.3, 0.4) is 0 Å². The third-order valence-electron chi connectivity index (χ3n) is 3.94. The summed E-state index contributed by atoms with van der Waals surface area (Å²) >= 11 is 0. The van der Waals surface area contributed by atoms with Gasteiger partial charge in [-0.3, -0.25) is 4.79 Å². The first kappa shape index (κ1) is 15.4. The molecule has 2 rings (SSSR count). The van der Waals surface area contributed by atoms with Crippen LogP contribution < -0.4 is 0 Å². The molecular formula is C14H19N3O4. The minimum Gasteiger partial charge on any atom is -0.476 e. The summed E-state index contributed by atoms with van der Waals surface area (Å²) < 4.78 is 5.32. The van der Waals surface area contributed by atoms with Crippen molar-refractivity contribution in [2.45, 2.75) is 37.8 Å². The highest BCUT2D eigenvalue weighted by atomic mass is 16.5. The molecule has 1 aromatic rings. The molecule has 114 valence electrons. The SMILES string of the molecule is COC1CCC(N(C)C(=O)c2cnc(C(=O)O)cn2)CC1. The summed E-state index contributed by atoms with van der Waals surface area (Å²) in [6.07, 6.45) is 6.24. The summed E-state index contributed by atoms with van der Waals surface area (Å²) in [7, 11) is 3.45. The van der Waals surface area contributed by atoms with Gasteiger partial charge in [0.15, 0.2) is 5.69 Å². The van der Waals surface area contributed by atoms with E-state index in [9.17, 15) is 9.59 Å². The summed E-state index contributed by atoms with van der Waals surface area (Å²) in [4.78, 5) is 32.3. The summed E-state index contributed by atoms with van der Waals surface area (Å²) in [6, 6.07) is 0.157. The van der Waals surface area contributed by atoms with E-state index >= 15 is 0 Å². The highest BCUT2D eigenvalue weighted by Gasteiger charge is 2.27. The number of aromatic nitrogens is 2. The van der Waals surface area contributed by atoms with Crippen molar-refractivity contribution in [2.75, 3.05) is 14.2 Å². The molecule has 0 spiro atoms. The van der Waals surface area contributed by atoms with Gasteiger partial charge in [0.2, 0.25) is 0 Å². The molecule has 1 amide bonds. The van der Waals surface area contributed by atoms with Crippen LogP contribution in [0.15, 0.2) is 12.4 Å². The maximum Gasteiger partial charge on any atom is 0.356 e. The Morgan fingerprint density at radius 1 is 1.19 bits per heavy atom. The number of amides is 1. The summed E-state index contributed by atoms with van der Waals surface area (Å²) in [6.45, 7) is 0. The van der Waals surface area contributed by atoms with Gasteiger partial charge in [-0.1, -0.05) is 0 Å². The molecule has 0 atom stereocenters. The Hall–Kier alpha value is -2.02. The zero-order valence-electron chi connectivity index (χ0n) is 12.2. The van der Waals surface area contributed by atoms with Crippen molar-refractivity contribution >= 4 is 11.9 Å². The predicted molar refractivity (Wildman–Crippen MR) is 74.1 cm³/mol. The number of carboxylic acid groups (broad SMARTS) is 1. The number of nitrogens with zero attached hydrogens (tertiary/aromatic N) is 3. The second-order valence-electron chi connectivity index (χ2n) is 5.17. The van der Waals surface area contributed by atoms with Crippen LogP contribution in [0.1, 0.15) is 46.7 Å². The van der Waals surface area contributed by atoms with Crippen molar-refractivity contribution in [3.05, 3.63) is 23.8 Å². The van der Waals surface area contributed by atoms with Gasteiger partial charge in [-0.05, 0) is 25.7 Å². The fourth-order valence-corrected chi connectivity index (χ4v) is 2.56. The molecule has 7 heteroatoms. The molecule has 1 aromatic heterocycles. The summed E-state index contributed by atoms with van der Waals surface area (Å²) in [5.74, 6) is -1.40. The first-order valence-electron chi connectivity index (χ1n) is 6.88. The van der Waals surface area contributed by atoms with Crippen LogP contribution in [0.4, 0.5) is 0 Å². The van der Waals surface area contributed by atoms with E-state index in [1.165, 1.54) is 6.20 Å². The number of carbonyl (C=O) groups excluding carboxylic acids is 1. The molecule has 0 aliphatic heterocycles. The van der Waals surface area contributed by atoms with Crippen molar-refractivity contribution in [1.82, 2.24) is 14.9 Å².